The van der Waals surface area contributed by atoms with E-state index in [2.05, 4.69) is 31.1 Å². The summed E-state index contributed by atoms with van der Waals surface area (Å²) >= 11 is 1.65. The topological polar surface area (TPSA) is 51.2 Å². The number of benzene rings is 1. The minimum atomic E-state index is 0.0140. The molecule has 0 spiro atoms. The minimum Gasteiger partial charge on any atom is -0.494 e. The van der Waals surface area contributed by atoms with Crippen molar-refractivity contribution in [2.24, 2.45) is 11.3 Å². The average molecular weight is 373 g/mol. The van der Waals surface area contributed by atoms with Crippen molar-refractivity contribution in [1.82, 2.24) is 4.98 Å². The zero-order chi connectivity index (χ0) is 18.6. The molecule has 0 fully saturated rings. The molecule has 5 heteroatoms. The summed E-state index contributed by atoms with van der Waals surface area (Å²) < 4.78 is 5.62. The molecule has 26 heavy (non-hydrogen) atoms. The Morgan fingerprint density at radius 1 is 1.31 bits per heavy atom. The Morgan fingerprint density at radius 2 is 2.08 bits per heavy atom. The molecular weight excluding hydrogens is 344 g/mol. The second-order valence-electron chi connectivity index (χ2n) is 8.01. The summed E-state index contributed by atoms with van der Waals surface area (Å²) in [5, 5.41) is 3.71. The van der Waals surface area contributed by atoms with E-state index in [-0.39, 0.29) is 5.91 Å². The molecule has 1 aliphatic rings. The molecule has 1 heterocycles. The van der Waals surface area contributed by atoms with Gasteiger partial charge in [-0.15, -0.1) is 11.3 Å². The molecule has 1 amide bonds. The van der Waals surface area contributed by atoms with Gasteiger partial charge in [-0.3, -0.25) is 4.79 Å². The van der Waals surface area contributed by atoms with Crippen LogP contribution in [0.1, 0.15) is 50.6 Å². The highest BCUT2D eigenvalue weighted by atomic mass is 32.1. The van der Waals surface area contributed by atoms with E-state index in [4.69, 9.17) is 4.74 Å². The van der Waals surface area contributed by atoms with Gasteiger partial charge in [0.15, 0.2) is 5.13 Å². The van der Waals surface area contributed by atoms with E-state index in [1.807, 2.05) is 30.3 Å². The third-order valence-electron chi connectivity index (χ3n) is 4.97. The number of fused-ring (bicyclic) bond motifs is 1. The fourth-order valence-corrected chi connectivity index (χ4v) is 4.39. The molecule has 1 atom stereocenters. The largest absolute Gasteiger partial charge is 0.494 e. The van der Waals surface area contributed by atoms with Crippen LogP contribution in [0.5, 0.6) is 5.75 Å². The van der Waals surface area contributed by atoms with Gasteiger partial charge in [-0.25, -0.2) is 4.98 Å². The zero-order valence-corrected chi connectivity index (χ0v) is 16.7. The number of amides is 1. The van der Waals surface area contributed by atoms with E-state index < -0.39 is 0 Å². The Morgan fingerprint density at radius 3 is 2.81 bits per heavy atom. The van der Waals surface area contributed by atoms with Gasteiger partial charge >= 0.3 is 0 Å². The van der Waals surface area contributed by atoms with Gasteiger partial charge in [0.25, 0.3) is 0 Å². The number of nitrogens with one attached hydrogen (secondary N) is 1. The Hall–Kier alpha value is -1.88. The van der Waals surface area contributed by atoms with Gasteiger partial charge in [0.05, 0.1) is 12.3 Å². The first-order valence-electron chi connectivity index (χ1n) is 9.38. The Balaban J connectivity index is 1.45. The molecule has 3 rings (SSSR count). The van der Waals surface area contributed by atoms with Crippen molar-refractivity contribution < 1.29 is 9.53 Å². The highest BCUT2D eigenvalue weighted by Crippen LogP contribution is 2.40. The highest BCUT2D eigenvalue weighted by Gasteiger charge is 2.30. The third-order valence-corrected chi connectivity index (χ3v) is 6.01. The van der Waals surface area contributed by atoms with Crippen LogP contribution in [0.3, 0.4) is 0 Å². The molecule has 0 aliphatic heterocycles. The van der Waals surface area contributed by atoms with Crippen LogP contribution in [-0.4, -0.2) is 17.5 Å². The lowest BCUT2D eigenvalue weighted by molar-refractivity contribution is -0.116. The summed E-state index contributed by atoms with van der Waals surface area (Å²) in [6.45, 7) is 7.47. The quantitative estimate of drug-likeness (QED) is 0.718. The summed E-state index contributed by atoms with van der Waals surface area (Å²) in [5.41, 5.74) is 1.50. The summed E-state index contributed by atoms with van der Waals surface area (Å²) in [6, 6.07) is 9.68. The maximum absolute atomic E-state index is 12.2. The number of hydrogen-bond donors (Lipinski definition) is 1. The lowest BCUT2D eigenvalue weighted by atomic mass is 9.73. The number of aryl methyl sites for hydroxylation is 1. The van der Waals surface area contributed by atoms with Crippen molar-refractivity contribution in [2.45, 2.75) is 52.9 Å². The number of carbonyl (C=O) groups excluding carboxylic acids is 1. The molecule has 0 radical (unpaired) electrons. The van der Waals surface area contributed by atoms with Crippen molar-refractivity contribution in [2.75, 3.05) is 11.9 Å². The average Bonchev–Trinajstić information content (AvgIpc) is 3.00. The number of para-hydroxylation sites is 1. The predicted molar refractivity (Wildman–Crippen MR) is 107 cm³/mol. The molecule has 1 aliphatic carbocycles. The molecule has 2 aromatic rings. The van der Waals surface area contributed by atoms with Crippen molar-refractivity contribution in [3.8, 4) is 5.75 Å². The molecule has 1 N–H and O–H groups in total. The fraction of sp³-hybridized carbons (Fsp3) is 0.524. The second-order valence-corrected chi connectivity index (χ2v) is 9.09. The first-order chi connectivity index (χ1) is 12.4. The maximum atomic E-state index is 12.2. The fourth-order valence-electron chi connectivity index (χ4n) is 3.29. The van der Waals surface area contributed by atoms with Gasteiger partial charge in [0.2, 0.25) is 5.91 Å². The Labute approximate surface area is 160 Å². The Bertz CT molecular complexity index is 734. The SMILES string of the molecule is CC(C)(C)C1CCc2nc(NC(=O)CCCOc3ccccc3)sc2C1. The van der Waals surface area contributed by atoms with Gasteiger partial charge in [-0.1, -0.05) is 39.0 Å². The summed E-state index contributed by atoms with van der Waals surface area (Å²) in [4.78, 5) is 18.1. The first kappa shape index (κ1) is 18.9. The van der Waals surface area contributed by atoms with Crippen molar-refractivity contribution in [1.29, 1.82) is 0 Å². The summed E-state index contributed by atoms with van der Waals surface area (Å²) in [5.74, 6) is 1.54. The number of anilines is 1. The van der Waals surface area contributed by atoms with E-state index in [1.54, 1.807) is 11.3 Å². The lowest BCUT2D eigenvalue weighted by Crippen LogP contribution is -2.26. The van der Waals surface area contributed by atoms with Crippen LogP contribution in [0.4, 0.5) is 5.13 Å². The molecular formula is C21H28N2O2S. The van der Waals surface area contributed by atoms with E-state index in [9.17, 15) is 4.79 Å². The first-order valence-corrected chi connectivity index (χ1v) is 10.2. The van der Waals surface area contributed by atoms with Gasteiger partial charge in [0.1, 0.15) is 5.75 Å². The normalized spacial score (nSPS) is 16.8. The predicted octanol–water partition coefficient (Wildman–Crippen LogP) is 5.09. The molecule has 140 valence electrons. The number of nitrogens with zero attached hydrogens (tertiary/aromatic N) is 1. The van der Waals surface area contributed by atoms with Crippen LogP contribution in [0.25, 0.3) is 0 Å². The van der Waals surface area contributed by atoms with Crippen LogP contribution >= 0.6 is 11.3 Å². The second kappa shape index (κ2) is 8.21. The number of thiazole rings is 1. The van der Waals surface area contributed by atoms with Crippen LogP contribution in [-0.2, 0) is 17.6 Å². The molecule has 0 bridgehead atoms. The van der Waals surface area contributed by atoms with E-state index >= 15 is 0 Å². The number of hydrogen-bond acceptors (Lipinski definition) is 4. The minimum absolute atomic E-state index is 0.0140. The monoisotopic (exact) mass is 372 g/mol. The molecule has 0 saturated carbocycles. The van der Waals surface area contributed by atoms with Crippen LogP contribution in [0.15, 0.2) is 30.3 Å². The van der Waals surface area contributed by atoms with Crippen LogP contribution in [0.2, 0.25) is 0 Å². The van der Waals surface area contributed by atoms with E-state index in [0.29, 0.717) is 30.8 Å². The molecule has 1 unspecified atom stereocenters. The molecule has 4 nitrogen and oxygen atoms in total. The van der Waals surface area contributed by atoms with Gasteiger partial charge in [-0.2, -0.15) is 0 Å². The zero-order valence-electron chi connectivity index (χ0n) is 15.9. The third kappa shape index (κ3) is 5.07. The summed E-state index contributed by atoms with van der Waals surface area (Å²) in [6.07, 6.45) is 4.43. The van der Waals surface area contributed by atoms with Gasteiger partial charge < -0.3 is 10.1 Å². The lowest BCUT2D eigenvalue weighted by Gasteiger charge is -2.33. The van der Waals surface area contributed by atoms with Crippen molar-refractivity contribution in [3.63, 3.8) is 0 Å². The molecule has 1 aromatic heterocycles. The smallest absolute Gasteiger partial charge is 0.226 e. The highest BCUT2D eigenvalue weighted by molar-refractivity contribution is 7.15. The standard InChI is InChI=1S/C21H28N2O2S/c1-21(2,3)15-11-12-17-18(14-15)26-20(22-17)23-19(24)10-7-13-25-16-8-5-4-6-9-16/h4-6,8-9,15H,7,10-14H2,1-3H3,(H,22,23,24). The number of rotatable bonds is 6. The number of ether oxygens (including phenoxy) is 1. The van der Waals surface area contributed by atoms with Crippen molar-refractivity contribution in [3.05, 3.63) is 40.9 Å². The van der Waals surface area contributed by atoms with Crippen molar-refractivity contribution >= 4 is 22.4 Å². The number of carbonyl (C=O) groups is 1. The molecule has 0 saturated heterocycles. The summed E-state index contributed by atoms with van der Waals surface area (Å²) in [7, 11) is 0. The maximum Gasteiger partial charge on any atom is 0.226 e. The van der Waals surface area contributed by atoms with Crippen LogP contribution < -0.4 is 10.1 Å². The van der Waals surface area contributed by atoms with Gasteiger partial charge in [0, 0.05) is 11.3 Å². The van der Waals surface area contributed by atoms with Crippen LogP contribution in [0, 0.1) is 11.3 Å². The molecule has 1 aromatic carbocycles. The van der Waals surface area contributed by atoms with E-state index in [1.165, 1.54) is 17.0 Å². The van der Waals surface area contributed by atoms with E-state index in [0.717, 1.165) is 23.7 Å². The van der Waals surface area contributed by atoms with Gasteiger partial charge in [-0.05, 0) is 49.1 Å². The Kier molecular flexibility index (Phi) is 5.97. The number of aromatic nitrogens is 1.